The lowest BCUT2D eigenvalue weighted by molar-refractivity contribution is 0.262. The monoisotopic (exact) mass is 555 g/mol. The molecule has 3 aromatic heterocycles. The highest BCUT2D eigenvalue weighted by Gasteiger charge is 2.18. The Morgan fingerprint density at radius 2 is 1.55 bits per heavy atom. The lowest BCUT2D eigenvalue weighted by Crippen LogP contribution is -2.19. The number of urea groups is 1. The predicted octanol–water partition coefficient (Wildman–Crippen LogP) is 7.49. The van der Waals surface area contributed by atoms with Crippen LogP contribution in [0.4, 0.5) is 16.2 Å². The number of fused-ring (bicyclic) bond motifs is 1. The summed E-state index contributed by atoms with van der Waals surface area (Å²) in [5.41, 5.74) is 9.40. The van der Waals surface area contributed by atoms with Crippen molar-refractivity contribution in [2.45, 2.75) is 20.0 Å². The smallest absolute Gasteiger partial charge is 0.323 e. The van der Waals surface area contributed by atoms with E-state index in [1.54, 1.807) is 0 Å². The molecular formula is C34H33N7O. The van der Waals surface area contributed by atoms with Crippen LogP contribution in [0.5, 0.6) is 0 Å². The largest absolute Gasteiger partial charge is 0.346 e. The molecule has 0 spiro atoms. The number of rotatable bonds is 8. The van der Waals surface area contributed by atoms with Crippen molar-refractivity contribution in [1.82, 2.24) is 24.6 Å². The molecule has 0 aliphatic rings. The minimum absolute atomic E-state index is 0.293. The summed E-state index contributed by atoms with van der Waals surface area (Å²) < 4.78 is 1.96. The summed E-state index contributed by atoms with van der Waals surface area (Å²) in [6.07, 6.45) is 4.02. The number of carbonyl (C=O) groups is 1. The number of carbonyl (C=O) groups excluding carboxylic acids is 1. The number of aromatic nitrogens is 4. The Kier molecular flexibility index (Phi) is 7.53. The molecule has 0 fully saturated rings. The molecule has 0 bridgehead atoms. The summed E-state index contributed by atoms with van der Waals surface area (Å²) in [6, 6.07) is 29.7. The molecule has 2 amide bonds. The molecule has 6 aromatic rings. The Morgan fingerprint density at radius 1 is 0.857 bits per heavy atom. The van der Waals surface area contributed by atoms with Crippen molar-refractivity contribution < 1.29 is 4.79 Å². The zero-order valence-corrected chi connectivity index (χ0v) is 23.9. The van der Waals surface area contributed by atoms with E-state index in [2.05, 4.69) is 84.1 Å². The molecule has 3 heterocycles. The van der Waals surface area contributed by atoms with Gasteiger partial charge in [-0.05, 0) is 68.5 Å². The van der Waals surface area contributed by atoms with Crippen LogP contribution in [0.2, 0.25) is 0 Å². The number of hydrogen-bond donors (Lipinski definition) is 3. The standard InChI is InChI=1S/C34H33N7O/c1-4-41-22-30(32(39-41)25-14-16-27(17-15-25)37-34(42)36-26-8-6-5-7-9-26)29-20-31(38-33-28(29)18-19-35-33)24-12-10-23(11-13-24)21-40(2)3/h5-20,22H,4,21H2,1-3H3,(H,35,38)(H2,36,37,42). The molecule has 210 valence electrons. The lowest BCUT2D eigenvalue weighted by Gasteiger charge is -2.11. The summed E-state index contributed by atoms with van der Waals surface area (Å²) in [6.45, 7) is 3.71. The van der Waals surface area contributed by atoms with E-state index in [0.717, 1.165) is 63.5 Å². The number of anilines is 2. The first-order chi connectivity index (χ1) is 20.5. The van der Waals surface area contributed by atoms with E-state index >= 15 is 0 Å². The summed E-state index contributed by atoms with van der Waals surface area (Å²) in [7, 11) is 4.14. The quantitative estimate of drug-likeness (QED) is 0.182. The maximum Gasteiger partial charge on any atom is 0.323 e. The van der Waals surface area contributed by atoms with Crippen molar-refractivity contribution in [3.8, 4) is 33.6 Å². The van der Waals surface area contributed by atoms with Gasteiger partial charge < -0.3 is 20.5 Å². The Labute approximate surface area is 245 Å². The molecule has 3 N–H and O–H groups in total. The number of hydrogen-bond acceptors (Lipinski definition) is 4. The molecule has 8 heteroatoms. The fourth-order valence-electron chi connectivity index (χ4n) is 5.07. The van der Waals surface area contributed by atoms with Crippen LogP contribution in [0.25, 0.3) is 44.7 Å². The number of pyridine rings is 1. The first kappa shape index (κ1) is 27.0. The minimum Gasteiger partial charge on any atom is -0.346 e. The highest BCUT2D eigenvalue weighted by Crippen LogP contribution is 2.37. The topological polar surface area (TPSA) is 90.9 Å². The zero-order chi connectivity index (χ0) is 29.1. The van der Waals surface area contributed by atoms with Gasteiger partial charge in [-0.2, -0.15) is 5.10 Å². The van der Waals surface area contributed by atoms with Crippen LogP contribution in [0.15, 0.2) is 103 Å². The highest BCUT2D eigenvalue weighted by atomic mass is 16.2. The van der Waals surface area contributed by atoms with Crippen LogP contribution >= 0.6 is 0 Å². The number of aryl methyl sites for hydroxylation is 1. The number of aromatic amines is 1. The van der Waals surface area contributed by atoms with Crippen molar-refractivity contribution in [1.29, 1.82) is 0 Å². The van der Waals surface area contributed by atoms with Crippen molar-refractivity contribution >= 4 is 28.4 Å². The van der Waals surface area contributed by atoms with Crippen LogP contribution < -0.4 is 10.6 Å². The van der Waals surface area contributed by atoms with Crippen LogP contribution in [-0.4, -0.2) is 44.8 Å². The third-order valence-corrected chi connectivity index (χ3v) is 7.10. The van der Waals surface area contributed by atoms with Gasteiger partial charge in [0.2, 0.25) is 0 Å². The van der Waals surface area contributed by atoms with E-state index in [-0.39, 0.29) is 6.03 Å². The van der Waals surface area contributed by atoms with Crippen LogP contribution in [-0.2, 0) is 13.1 Å². The molecule has 0 aliphatic carbocycles. The Morgan fingerprint density at radius 3 is 2.24 bits per heavy atom. The van der Waals surface area contributed by atoms with Gasteiger partial charge in [0.1, 0.15) is 11.3 Å². The van der Waals surface area contributed by atoms with Gasteiger partial charge in [-0.1, -0.05) is 54.6 Å². The molecule has 0 saturated heterocycles. The first-order valence-corrected chi connectivity index (χ1v) is 14.0. The van der Waals surface area contributed by atoms with Gasteiger partial charge in [0, 0.05) is 58.9 Å². The molecule has 0 unspecified atom stereocenters. The number of benzene rings is 3. The van der Waals surface area contributed by atoms with Gasteiger partial charge in [-0.3, -0.25) is 4.68 Å². The molecule has 8 nitrogen and oxygen atoms in total. The number of H-pyrrole nitrogens is 1. The normalized spacial score (nSPS) is 11.2. The molecule has 0 aliphatic heterocycles. The number of amides is 2. The summed E-state index contributed by atoms with van der Waals surface area (Å²) in [5, 5.41) is 11.7. The SMILES string of the molecule is CCn1cc(-c2cc(-c3ccc(CN(C)C)cc3)nc3[nH]ccc23)c(-c2ccc(NC(=O)Nc3ccccc3)cc2)n1. The third-order valence-electron chi connectivity index (χ3n) is 7.10. The van der Waals surface area contributed by atoms with Crippen molar-refractivity contribution in [2.75, 3.05) is 24.7 Å². The Bertz CT molecular complexity index is 1820. The molecule has 0 radical (unpaired) electrons. The van der Waals surface area contributed by atoms with E-state index < -0.39 is 0 Å². The maximum absolute atomic E-state index is 12.5. The van der Waals surface area contributed by atoms with Crippen molar-refractivity contribution in [3.63, 3.8) is 0 Å². The fourth-order valence-corrected chi connectivity index (χ4v) is 5.07. The predicted molar refractivity (Wildman–Crippen MR) is 170 cm³/mol. The van der Waals surface area contributed by atoms with E-state index in [1.807, 2.05) is 65.5 Å². The highest BCUT2D eigenvalue weighted by molar-refractivity contribution is 6.01. The van der Waals surface area contributed by atoms with Crippen LogP contribution in [0, 0.1) is 0 Å². The second-order valence-electron chi connectivity index (χ2n) is 10.5. The van der Waals surface area contributed by atoms with Crippen LogP contribution in [0.3, 0.4) is 0 Å². The second kappa shape index (κ2) is 11.7. The Hall–Kier alpha value is -5.21. The molecule has 3 aromatic carbocycles. The first-order valence-electron chi connectivity index (χ1n) is 14.0. The number of nitrogens with zero attached hydrogens (tertiary/aromatic N) is 4. The molecule has 6 rings (SSSR count). The third kappa shape index (κ3) is 5.80. The lowest BCUT2D eigenvalue weighted by atomic mass is 9.97. The van der Waals surface area contributed by atoms with Gasteiger partial charge in [-0.25, -0.2) is 9.78 Å². The van der Waals surface area contributed by atoms with Crippen molar-refractivity contribution in [3.05, 3.63) is 109 Å². The van der Waals surface area contributed by atoms with Gasteiger partial charge >= 0.3 is 6.03 Å². The second-order valence-corrected chi connectivity index (χ2v) is 10.5. The number of nitrogens with one attached hydrogen (secondary N) is 3. The molecule has 0 atom stereocenters. The average molecular weight is 556 g/mol. The average Bonchev–Trinajstić information content (AvgIpc) is 3.65. The van der Waals surface area contributed by atoms with E-state index in [9.17, 15) is 4.79 Å². The van der Waals surface area contributed by atoms with Gasteiger partial charge in [0.25, 0.3) is 0 Å². The Balaban J connectivity index is 1.33. The number of para-hydroxylation sites is 1. The van der Waals surface area contributed by atoms with E-state index in [0.29, 0.717) is 5.69 Å². The summed E-state index contributed by atoms with van der Waals surface area (Å²) >= 11 is 0. The maximum atomic E-state index is 12.5. The van der Waals surface area contributed by atoms with E-state index in [4.69, 9.17) is 10.1 Å². The zero-order valence-electron chi connectivity index (χ0n) is 23.9. The van der Waals surface area contributed by atoms with Crippen molar-refractivity contribution in [2.24, 2.45) is 0 Å². The summed E-state index contributed by atoms with van der Waals surface area (Å²) in [5.74, 6) is 0. The molecule has 42 heavy (non-hydrogen) atoms. The molecular weight excluding hydrogens is 522 g/mol. The fraction of sp³-hybridized carbons (Fsp3) is 0.147. The van der Waals surface area contributed by atoms with Crippen LogP contribution in [0.1, 0.15) is 12.5 Å². The summed E-state index contributed by atoms with van der Waals surface area (Å²) in [4.78, 5) is 22.9. The van der Waals surface area contributed by atoms with E-state index in [1.165, 1.54) is 5.56 Å². The van der Waals surface area contributed by atoms with Gasteiger partial charge in [0.05, 0.1) is 5.69 Å². The van der Waals surface area contributed by atoms with Gasteiger partial charge in [0.15, 0.2) is 0 Å². The minimum atomic E-state index is -0.293. The molecule has 0 saturated carbocycles. The van der Waals surface area contributed by atoms with Gasteiger partial charge in [-0.15, -0.1) is 0 Å².